The number of hydrogen-bond acceptors (Lipinski definition) is 4. The first-order valence-corrected chi connectivity index (χ1v) is 6.07. The van der Waals surface area contributed by atoms with E-state index in [1.54, 1.807) is 12.1 Å². The molecule has 0 amide bonds. The monoisotopic (exact) mass is 396 g/mol. The molecule has 0 aliphatic rings. The maximum atomic E-state index is 10.8. The predicted molar refractivity (Wildman–Crippen MR) is 55.9 cm³/mol. The Morgan fingerprint density at radius 2 is 2.20 bits per heavy atom. The number of nitrogens with one attached hydrogen (secondary N) is 1. The fourth-order valence-corrected chi connectivity index (χ4v) is 2.06. The number of carbonyl (C=O) groups is 1. The molecule has 0 atom stereocenters. The van der Waals surface area contributed by atoms with E-state index in [1.807, 2.05) is 0 Å². The molecule has 2 N–H and O–H groups in total. The summed E-state index contributed by atoms with van der Waals surface area (Å²) in [5.41, 5.74) is 0.990. The number of carboxylic acid groups (broad SMARTS) is 1. The van der Waals surface area contributed by atoms with Crippen molar-refractivity contribution < 1.29 is 9.90 Å². The van der Waals surface area contributed by atoms with Gasteiger partial charge in [-0.15, -0.1) is 0 Å². The molecule has 73 valence electrons. The third kappa shape index (κ3) is 1.91. The Kier molecular flexibility index (Phi) is 2.80. The van der Waals surface area contributed by atoms with Gasteiger partial charge in [-0.05, 0) is 0 Å². The minimum absolute atomic E-state index is 0.246. The SMILES string of the molecule is O=C(O)c1ccc2ncnc([NH][Pb])c2c1. The average Bonchev–Trinajstić information content (AvgIpc) is 2.27. The van der Waals surface area contributed by atoms with E-state index in [2.05, 4.69) is 13.1 Å². The molecule has 2 rings (SSSR count). The number of rotatable bonds is 2. The average molecular weight is 395 g/mol. The fourth-order valence-electron chi connectivity index (χ4n) is 1.29. The summed E-state index contributed by atoms with van der Waals surface area (Å²) < 4.78 is 3.03. The van der Waals surface area contributed by atoms with Crippen LogP contribution in [0.3, 0.4) is 0 Å². The van der Waals surface area contributed by atoms with Gasteiger partial charge in [-0.1, -0.05) is 0 Å². The second-order valence-corrected chi connectivity index (χ2v) is 3.86. The first-order valence-electron chi connectivity index (χ1n) is 4.13. The zero-order valence-electron chi connectivity index (χ0n) is 7.56. The molecule has 3 radical (unpaired) electrons. The van der Waals surface area contributed by atoms with Crippen molar-refractivity contribution in [1.82, 2.24) is 9.97 Å². The topological polar surface area (TPSA) is 75.1 Å². The number of nitrogens with zero attached hydrogens (tertiary/aromatic N) is 2. The molecule has 0 saturated carbocycles. The Hall–Kier alpha value is -1.25. The van der Waals surface area contributed by atoms with Gasteiger partial charge in [0.1, 0.15) is 0 Å². The molecule has 0 bridgehead atoms. The van der Waals surface area contributed by atoms with Crippen LogP contribution in [0.5, 0.6) is 0 Å². The third-order valence-electron chi connectivity index (χ3n) is 2.00. The summed E-state index contributed by atoms with van der Waals surface area (Å²) in [5, 5.41) is 9.60. The van der Waals surface area contributed by atoms with Crippen LogP contribution in [0, 0.1) is 0 Å². The van der Waals surface area contributed by atoms with E-state index < -0.39 is 5.97 Å². The summed E-state index contributed by atoms with van der Waals surface area (Å²) in [6, 6.07) is 4.80. The summed E-state index contributed by atoms with van der Waals surface area (Å²) in [4.78, 5) is 18.9. The second-order valence-electron chi connectivity index (χ2n) is 2.88. The summed E-state index contributed by atoms with van der Waals surface area (Å²) >= 11 is 0.753. The number of fused-ring (bicyclic) bond motifs is 1. The predicted octanol–water partition coefficient (Wildman–Crippen LogP) is 0.823. The molecule has 0 fully saturated rings. The third-order valence-corrected chi connectivity index (χ3v) is 2.92. The summed E-state index contributed by atoms with van der Waals surface area (Å²) in [6.45, 7) is 0. The molecule has 5 nitrogen and oxygen atoms in total. The normalized spacial score (nSPS) is 10.2. The standard InChI is InChI=1S/C9H7N3O2.Pb/c10-8-6-3-5(9(13)14)1-2-7(6)11-4-12-8;/h1-4H,(H3,10,11,12,13,14);/q;+1/p-1. The van der Waals surface area contributed by atoms with Crippen molar-refractivity contribution in [2.75, 3.05) is 3.13 Å². The summed E-state index contributed by atoms with van der Waals surface area (Å²) in [5.74, 6) is -0.255. The Labute approximate surface area is 102 Å². The summed E-state index contributed by atoms with van der Waals surface area (Å²) in [6.07, 6.45) is 1.46. The number of benzene rings is 1. The van der Waals surface area contributed by atoms with Crippen LogP contribution in [0.25, 0.3) is 10.9 Å². The molecule has 0 aliphatic heterocycles. The van der Waals surface area contributed by atoms with Gasteiger partial charge in [-0.3, -0.25) is 0 Å². The summed E-state index contributed by atoms with van der Waals surface area (Å²) in [7, 11) is 0. The first-order chi connectivity index (χ1) is 7.22. The van der Waals surface area contributed by atoms with E-state index in [9.17, 15) is 4.79 Å². The molecule has 15 heavy (non-hydrogen) atoms. The van der Waals surface area contributed by atoms with Crippen LogP contribution in [0.4, 0.5) is 5.82 Å². The van der Waals surface area contributed by atoms with Crippen molar-refractivity contribution in [2.24, 2.45) is 0 Å². The zero-order valence-corrected chi connectivity index (χ0v) is 11.4. The fraction of sp³-hybridized carbons (Fsp3) is 0. The van der Waals surface area contributed by atoms with Crippen LogP contribution >= 0.6 is 0 Å². The van der Waals surface area contributed by atoms with E-state index in [0.29, 0.717) is 5.82 Å². The van der Waals surface area contributed by atoms with Crippen LogP contribution in [-0.4, -0.2) is 47.1 Å². The molecule has 0 spiro atoms. The molecule has 0 saturated heterocycles. The Balaban J connectivity index is 2.72. The van der Waals surface area contributed by atoms with Crippen molar-refractivity contribution in [1.29, 1.82) is 0 Å². The van der Waals surface area contributed by atoms with Crippen LogP contribution in [0.2, 0.25) is 0 Å². The van der Waals surface area contributed by atoms with Gasteiger partial charge in [0.2, 0.25) is 0 Å². The van der Waals surface area contributed by atoms with E-state index in [-0.39, 0.29) is 5.56 Å². The van der Waals surface area contributed by atoms with Crippen molar-refractivity contribution in [3.63, 3.8) is 0 Å². The number of aromatic carboxylic acids is 1. The van der Waals surface area contributed by atoms with Gasteiger partial charge in [0.05, 0.1) is 0 Å². The Bertz CT molecular complexity index is 530. The Morgan fingerprint density at radius 3 is 2.87 bits per heavy atom. The van der Waals surface area contributed by atoms with Gasteiger partial charge in [-0.2, -0.15) is 0 Å². The van der Waals surface area contributed by atoms with Crippen molar-refractivity contribution in [2.45, 2.75) is 0 Å². The molecular weight excluding hydrogens is 389 g/mol. The molecule has 1 aromatic carbocycles. The van der Waals surface area contributed by atoms with Gasteiger partial charge in [0.15, 0.2) is 0 Å². The van der Waals surface area contributed by atoms with E-state index >= 15 is 0 Å². The van der Waals surface area contributed by atoms with Gasteiger partial charge in [0.25, 0.3) is 0 Å². The van der Waals surface area contributed by atoms with Crippen LogP contribution < -0.4 is 3.13 Å². The van der Waals surface area contributed by atoms with Gasteiger partial charge >= 0.3 is 102 Å². The zero-order chi connectivity index (χ0) is 10.8. The van der Waals surface area contributed by atoms with Crippen molar-refractivity contribution in [3.05, 3.63) is 30.1 Å². The molecular formula is C9H6N3O2Pb. The van der Waals surface area contributed by atoms with Gasteiger partial charge in [-0.25, -0.2) is 0 Å². The quantitative estimate of drug-likeness (QED) is 0.737. The van der Waals surface area contributed by atoms with Crippen LogP contribution in [-0.2, 0) is 0 Å². The molecule has 0 unspecified atom stereocenters. The molecule has 6 heteroatoms. The van der Waals surface area contributed by atoms with Crippen molar-refractivity contribution >= 4 is 48.8 Å². The van der Waals surface area contributed by atoms with E-state index in [0.717, 1.165) is 37.0 Å². The molecule has 1 heterocycles. The molecule has 2 aromatic rings. The number of aromatic nitrogens is 2. The first kappa shape index (κ1) is 10.3. The van der Waals surface area contributed by atoms with E-state index in [1.165, 1.54) is 12.4 Å². The molecule has 1 aromatic heterocycles. The number of carboxylic acids is 1. The van der Waals surface area contributed by atoms with Gasteiger partial charge in [0, 0.05) is 0 Å². The number of anilines is 1. The Morgan fingerprint density at radius 1 is 1.40 bits per heavy atom. The minimum atomic E-state index is -0.944. The molecule has 0 aliphatic carbocycles. The number of hydrogen-bond donors (Lipinski definition) is 2. The van der Waals surface area contributed by atoms with Crippen LogP contribution in [0.1, 0.15) is 10.4 Å². The van der Waals surface area contributed by atoms with Crippen molar-refractivity contribution in [3.8, 4) is 0 Å². The van der Waals surface area contributed by atoms with Crippen LogP contribution in [0.15, 0.2) is 24.5 Å². The second kappa shape index (κ2) is 4.09. The van der Waals surface area contributed by atoms with Gasteiger partial charge < -0.3 is 0 Å². The maximum absolute atomic E-state index is 10.8. The van der Waals surface area contributed by atoms with E-state index in [4.69, 9.17) is 5.11 Å².